The molecule has 6 heteroatoms. The maximum Gasteiger partial charge on any atom is 0.363 e. The largest absolute Gasteiger partial charge is 0.402 e. The molecule has 1 aromatic heterocycles. The molecule has 1 aliphatic heterocycles. The highest BCUT2D eigenvalue weighted by Crippen LogP contribution is 2.23. The number of cyclic esters (lactones) is 1. The first kappa shape index (κ1) is 14.7. The number of aryl methyl sites for hydroxylation is 2. The molecular formula is C16H14BrN3O2. The Labute approximate surface area is 136 Å². The van der Waals surface area contributed by atoms with Gasteiger partial charge in [0, 0.05) is 28.3 Å². The molecule has 0 aliphatic carbocycles. The second kappa shape index (κ2) is 5.53. The highest BCUT2D eigenvalue weighted by Gasteiger charge is 2.25. The molecule has 5 nitrogen and oxygen atoms in total. The third-order valence-corrected chi connectivity index (χ3v) is 4.03. The number of halogens is 1. The number of aromatic nitrogens is 2. The zero-order valence-corrected chi connectivity index (χ0v) is 14.0. The van der Waals surface area contributed by atoms with E-state index in [1.807, 2.05) is 45.2 Å². The van der Waals surface area contributed by atoms with Gasteiger partial charge in [-0.15, -0.1) is 0 Å². The first-order valence-corrected chi connectivity index (χ1v) is 7.53. The Morgan fingerprint density at radius 1 is 1.32 bits per heavy atom. The quantitative estimate of drug-likeness (QED) is 0.611. The minimum atomic E-state index is -0.447. The van der Waals surface area contributed by atoms with Crippen molar-refractivity contribution in [3.63, 3.8) is 0 Å². The van der Waals surface area contributed by atoms with Gasteiger partial charge in [-0.25, -0.2) is 9.79 Å². The highest BCUT2D eigenvalue weighted by atomic mass is 79.9. The number of hydrogen-bond acceptors (Lipinski definition) is 4. The topological polar surface area (TPSA) is 56.5 Å². The lowest BCUT2D eigenvalue weighted by Gasteiger charge is -1.99. The van der Waals surface area contributed by atoms with E-state index in [4.69, 9.17) is 4.74 Å². The second-order valence-corrected chi connectivity index (χ2v) is 5.97. The van der Waals surface area contributed by atoms with E-state index in [0.29, 0.717) is 5.90 Å². The van der Waals surface area contributed by atoms with E-state index in [0.717, 1.165) is 27.0 Å². The lowest BCUT2D eigenvalue weighted by Crippen LogP contribution is -2.05. The van der Waals surface area contributed by atoms with Crippen molar-refractivity contribution in [3.8, 4) is 0 Å². The molecule has 0 N–H and O–H groups in total. The first-order chi connectivity index (χ1) is 10.5. The van der Waals surface area contributed by atoms with Gasteiger partial charge in [0.25, 0.3) is 0 Å². The van der Waals surface area contributed by atoms with Crippen LogP contribution >= 0.6 is 15.9 Å². The Balaban J connectivity index is 2.01. The molecule has 0 fully saturated rings. The van der Waals surface area contributed by atoms with Crippen LogP contribution in [0.4, 0.5) is 0 Å². The van der Waals surface area contributed by atoms with Crippen LogP contribution in [0.3, 0.4) is 0 Å². The fourth-order valence-electron chi connectivity index (χ4n) is 2.29. The van der Waals surface area contributed by atoms with Gasteiger partial charge >= 0.3 is 5.97 Å². The molecule has 0 bridgehead atoms. The number of carbonyl (C=O) groups is 1. The Morgan fingerprint density at radius 3 is 2.73 bits per heavy atom. The van der Waals surface area contributed by atoms with E-state index in [9.17, 15) is 4.79 Å². The van der Waals surface area contributed by atoms with Crippen molar-refractivity contribution < 1.29 is 9.53 Å². The van der Waals surface area contributed by atoms with Crippen molar-refractivity contribution in [2.24, 2.45) is 12.0 Å². The van der Waals surface area contributed by atoms with Gasteiger partial charge in [0.2, 0.25) is 5.90 Å². The van der Waals surface area contributed by atoms with Crippen molar-refractivity contribution >= 4 is 33.9 Å². The van der Waals surface area contributed by atoms with Gasteiger partial charge in [-0.1, -0.05) is 22.0 Å². The van der Waals surface area contributed by atoms with Gasteiger partial charge in [0.05, 0.1) is 5.69 Å². The van der Waals surface area contributed by atoms with Crippen LogP contribution in [0.5, 0.6) is 0 Å². The van der Waals surface area contributed by atoms with Crippen LogP contribution in [0.25, 0.3) is 6.08 Å². The third kappa shape index (κ3) is 2.62. The standard InChI is InChI=1S/C16H14BrN3O2/c1-9-13(10(2)20(3)19-9)8-14-16(21)22-15(18-14)11-5-4-6-12(17)7-11/h4-8H,1-3H3/b14-8-. The van der Waals surface area contributed by atoms with Crippen LogP contribution in [-0.2, 0) is 16.6 Å². The Kier molecular flexibility index (Phi) is 3.70. The van der Waals surface area contributed by atoms with Crippen LogP contribution in [0, 0.1) is 13.8 Å². The molecule has 0 radical (unpaired) electrons. The number of nitrogens with zero attached hydrogens (tertiary/aromatic N) is 3. The van der Waals surface area contributed by atoms with Crippen molar-refractivity contribution in [2.75, 3.05) is 0 Å². The summed E-state index contributed by atoms with van der Waals surface area (Å²) < 4.78 is 7.95. The second-order valence-electron chi connectivity index (χ2n) is 5.05. The SMILES string of the molecule is Cc1nn(C)c(C)c1/C=C1\N=C(c2cccc(Br)c2)OC1=O. The molecule has 0 amide bonds. The Bertz CT molecular complexity index is 834. The molecule has 3 rings (SSSR count). The maximum absolute atomic E-state index is 12.0. The van der Waals surface area contributed by atoms with Crippen LogP contribution in [0.2, 0.25) is 0 Å². The molecule has 1 aliphatic rings. The molecule has 0 spiro atoms. The molecule has 0 unspecified atom stereocenters. The maximum atomic E-state index is 12.0. The first-order valence-electron chi connectivity index (χ1n) is 6.74. The van der Waals surface area contributed by atoms with Crippen LogP contribution < -0.4 is 0 Å². The summed E-state index contributed by atoms with van der Waals surface area (Å²) in [6.07, 6.45) is 1.73. The smallest absolute Gasteiger partial charge is 0.363 e. The van der Waals surface area contributed by atoms with Gasteiger partial charge in [0.15, 0.2) is 5.70 Å². The van der Waals surface area contributed by atoms with Crippen LogP contribution in [-0.4, -0.2) is 21.6 Å². The molecule has 0 atom stereocenters. The summed E-state index contributed by atoms with van der Waals surface area (Å²) in [4.78, 5) is 16.3. The Morgan fingerprint density at radius 2 is 2.09 bits per heavy atom. The van der Waals surface area contributed by atoms with E-state index in [2.05, 4.69) is 26.0 Å². The summed E-state index contributed by atoms with van der Waals surface area (Å²) in [7, 11) is 1.87. The summed E-state index contributed by atoms with van der Waals surface area (Å²) in [5.74, 6) is -0.130. The van der Waals surface area contributed by atoms with E-state index >= 15 is 0 Å². The molecule has 22 heavy (non-hydrogen) atoms. The van der Waals surface area contributed by atoms with E-state index in [-0.39, 0.29) is 5.70 Å². The van der Waals surface area contributed by atoms with Gasteiger partial charge < -0.3 is 4.74 Å². The molecular weight excluding hydrogens is 346 g/mol. The summed E-state index contributed by atoms with van der Waals surface area (Å²) in [5.41, 5.74) is 3.77. The highest BCUT2D eigenvalue weighted by molar-refractivity contribution is 9.10. The van der Waals surface area contributed by atoms with Crippen molar-refractivity contribution in [2.45, 2.75) is 13.8 Å². The monoisotopic (exact) mass is 359 g/mol. The van der Waals surface area contributed by atoms with E-state index < -0.39 is 5.97 Å². The number of carbonyl (C=O) groups excluding carboxylic acids is 1. The lowest BCUT2D eigenvalue weighted by atomic mass is 10.1. The van der Waals surface area contributed by atoms with Crippen LogP contribution in [0.1, 0.15) is 22.5 Å². The molecule has 2 aromatic rings. The fraction of sp³-hybridized carbons (Fsp3) is 0.188. The Hall–Kier alpha value is -2.21. The zero-order chi connectivity index (χ0) is 15.9. The van der Waals surface area contributed by atoms with Crippen molar-refractivity contribution in [1.82, 2.24) is 9.78 Å². The third-order valence-electron chi connectivity index (χ3n) is 3.54. The normalized spacial score (nSPS) is 16.1. The van der Waals surface area contributed by atoms with Gasteiger partial charge in [-0.3, -0.25) is 4.68 Å². The number of esters is 1. The summed E-state index contributed by atoms with van der Waals surface area (Å²) in [6.45, 7) is 3.85. The van der Waals surface area contributed by atoms with Gasteiger partial charge in [-0.2, -0.15) is 5.10 Å². The van der Waals surface area contributed by atoms with Crippen LogP contribution in [0.15, 0.2) is 39.4 Å². The fourth-order valence-corrected chi connectivity index (χ4v) is 2.69. The van der Waals surface area contributed by atoms with Crippen molar-refractivity contribution in [1.29, 1.82) is 0 Å². The number of aliphatic imine (C=N–C) groups is 1. The number of ether oxygens (including phenoxy) is 1. The van der Waals surface area contributed by atoms with Gasteiger partial charge in [-0.05, 0) is 38.1 Å². The predicted molar refractivity (Wildman–Crippen MR) is 87.4 cm³/mol. The average Bonchev–Trinajstić information content (AvgIpc) is 2.95. The predicted octanol–water partition coefficient (Wildman–Crippen LogP) is 3.14. The summed E-state index contributed by atoms with van der Waals surface area (Å²) in [5, 5.41) is 4.33. The molecule has 2 heterocycles. The number of hydrogen-bond donors (Lipinski definition) is 0. The molecule has 0 saturated carbocycles. The van der Waals surface area contributed by atoms with Gasteiger partial charge in [0.1, 0.15) is 0 Å². The number of rotatable bonds is 2. The lowest BCUT2D eigenvalue weighted by molar-refractivity contribution is -0.129. The number of benzene rings is 1. The summed E-state index contributed by atoms with van der Waals surface area (Å²) in [6, 6.07) is 7.48. The minimum absolute atomic E-state index is 0.286. The summed E-state index contributed by atoms with van der Waals surface area (Å²) >= 11 is 3.39. The van der Waals surface area contributed by atoms with E-state index in [1.165, 1.54) is 0 Å². The van der Waals surface area contributed by atoms with Crippen molar-refractivity contribution in [3.05, 3.63) is 56.9 Å². The molecule has 1 aromatic carbocycles. The molecule has 0 saturated heterocycles. The van der Waals surface area contributed by atoms with E-state index in [1.54, 1.807) is 10.8 Å². The minimum Gasteiger partial charge on any atom is -0.402 e. The molecule has 112 valence electrons. The average molecular weight is 360 g/mol. The zero-order valence-electron chi connectivity index (χ0n) is 12.4.